The number of hydrogen-bond acceptors (Lipinski definition) is 4. The fourth-order valence-corrected chi connectivity index (χ4v) is 2.52. The highest BCUT2D eigenvalue weighted by Gasteiger charge is 2.29. The lowest BCUT2D eigenvalue weighted by Crippen LogP contribution is -2.11. The van der Waals surface area contributed by atoms with E-state index in [4.69, 9.17) is 5.73 Å². The van der Waals surface area contributed by atoms with Crippen LogP contribution >= 0.6 is 11.3 Å². The van der Waals surface area contributed by atoms with Gasteiger partial charge in [0.15, 0.2) is 0 Å². The second kappa shape index (κ2) is 4.13. The van der Waals surface area contributed by atoms with Gasteiger partial charge in [-0.05, 0) is 6.07 Å². The zero-order chi connectivity index (χ0) is 13.5. The molecule has 0 saturated heterocycles. The smallest absolute Gasteiger partial charge is 0.393 e. The monoisotopic (exact) mass is 276 g/mol. The Morgan fingerprint density at radius 3 is 2.72 bits per heavy atom. The lowest BCUT2D eigenvalue weighted by Gasteiger charge is -2.01. The lowest BCUT2D eigenvalue weighted by molar-refractivity contribution is -0.126. The van der Waals surface area contributed by atoms with E-state index in [0.717, 1.165) is 17.5 Å². The Kier molecular flexibility index (Phi) is 2.89. The van der Waals surface area contributed by atoms with E-state index < -0.39 is 24.3 Å². The summed E-state index contributed by atoms with van der Waals surface area (Å²) in [7, 11) is 0. The molecule has 0 atom stereocenters. The van der Waals surface area contributed by atoms with Gasteiger partial charge in [0.25, 0.3) is 5.91 Å². The summed E-state index contributed by atoms with van der Waals surface area (Å²) in [5, 5.41) is 9.82. The minimum Gasteiger partial charge on any atom is -0.506 e. The number of primary amides is 1. The van der Waals surface area contributed by atoms with Crippen molar-refractivity contribution in [3.8, 4) is 5.75 Å². The van der Waals surface area contributed by atoms with E-state index in [1.54, 1.807) is 0 Å². The van der Waals surface area contributed by atoms with Crippen LogP contribution in [0.4, 0.5) is 13.2 Å². The third-order valence-corrected chi connectivity index (χ3v) is 3.27. The van der Waals surface area contributed by atoms with Crippen molar-refractivity contribution in [2.45, 2.75) is 12.6 Å². The second-order valence-electron chi connectivity index (χ2n) is 3.61. The van der Waals surface area contributed by atoms with Crippen LogP contribution in [-0.2, 0) is 6.42 Å². The normalized spacial score (nSPS) is 11.9. The molecule has 18 heavy (non-hydrogen) atoms. The van der Waals surface area contributed by atoms with Crippen molar-refractivity contribution in [2.75, 3.05) is 0 Å². The van der Waals surface area contributed by atoms with Gasteiger partial charge >= 0.3 is 6.18 Å². The summed E-state index contributed by atoms with van der Waals surface area (Å²) >= 11 is 0.816. The van der Waals surface area contributed by atoms with Crippen LogP contribution in [0.2, 0.25) is 0 Å². The molecule has 0 radical (unpaired) electrons. The highest BCUT2D eigenvalue weighted by molar-refractivity contribution is 7.18. The number of aromatic hydroxyl groups is 1. The largest absolute Gasteiger partial charge is 0.506 e. The average molecular weight is 276 g/mol. The number of alkyl halides is 3. The van der Waals surface area contributed by atoms with Crippen LogP contribution in [0, 0.1) is 0 Å². The molecule has 4 nitrogen and oxygen atoms in total. The number of aromatic nitrogens is 1. The number of rotatable bonds is 2. The van der Waals surface area contributed by atoms with Crippen molar-refractivity contribution in [1.29, 1.82) is 0 Å². The molecular weight excluding hydrogens is 269 g/mol. The molecule has 2 rings (SSSR count). The lowest BCUT2D eigenvalue weighted by atomic mass is 10.2. The molecule has 0 fully saturated rings. The second-order valence-corrected chi connectivity index (χ2v) is 4.72. The topological polar surface area (TPSA) is 76.2 Å². The number of carbonyl (C=O) groups is 1. The van der Waals surface area contributed by atoms with Crippen LogP contribution in [-0.4, -0.2) is 22.2 Å². The van der Waals surface area contributed by atoms with Crippen molar-refractivity contribution in [2.24, 2.45) is 5.73 Å². The first-order valence-corrected chi connectivity index (χ1v) is 5.56. The fraction of sp³-hybridized carbons (Fsp3) is 0.200. The van der Waals surface area contributed by atoms with E-state index in [2.05, 4.69) is 4.98 Å². The average Bonchev–Trinajstić information content (AvgIpc) is 2.58. The van der Waals surface area contributed by atoms with Gasteiger partial charge in [-0.25, -0.2) is 4.98 Å². The predicted octanol–water partition coefficient (Wildman–Crippen LogP) is 2.21. The molecule has 2 aromatic rings. The van der Waals surface area contributed by atoms with Crippen molar-refractivity contribution in [1.82, 2.24) is 4.98 Å². The summed E-state index contributed by atoms with van der Waals surface area (Å²) in [6.45, 7) is 0. The maximum Gasteiger partial charge on any atom is 0.393 e. The Morgan fingerprint density at radius 2 is 2.17 bits per heavy atom. The van der Waals surface area contributed by atoms with E-state index in [9.17, 15) is 23.1 Å². The third kappa shape index (κ3) is 2.37. The van der Waals surface area contributed by atoms with Crippen LogP contribution in [0.5, 0.6) is 5.75 Å². The number of amides is 1. The van der Waals surface area contributed by atoms with Gasteiger partial charge in [-0.3, -0.25) is 4.79 Å². The molecule has 0 aliphatic carbocycles. The standard InChI is InChI=1S/C10H7F3N2O2S/c11-10(12,13)2-4-1-5-7(16)6(8(14)17)3-15-9(5)18-4/h1,3H,2H2,(H2,14,17)(H,15,16). The molecule has 0 aromatic carbocycles. The number of carbonyl (C=O) groups excluding carboxylic acids is 1. The molecule has 0 unspecified atom stereocenters. The summed E-state index contributed by atoms with van der Waals surface area (Å²) in [6.07, 6.45) is -4.38. The molecule has 0 spiro atoms. The third-order valence-electron chi connectivity index (χ3n) is 2.22. The Bertz CT molecular complexity index is 621. The summed E-state index contributed by atoms with van der Waals surface area (Å²) in [5.41, 5.74) is 4.79. The molecule has 0 aliphatic heterocycles. The van der Waals surface area contributed by atoms with Crippen LogP contribution in [0.25, 0.3) is 10.2 Å². The van der Waals surface area contributed by atoms with Gasteiger partial charge in [-0.15, -0.1) is 11.3 Å². The molecule has 96 valence electrons. The predicted molar refractivity (Wildman–Crippen MR) is 59.6 cm³/mol. The highest BCUT2D eigenvalue weighted by atomic mass is 32.1. The number of pyridine rings is 1. The summed E-state index contributed by atoms with van der Waals surface area (Å²) in [6, 6.07) is 1.17. The van der Waals surface area contributed by atoms with Gasteiger partial charge in [-0.2, -0.15) is 13.2 Å². The van der Waals surface area contributed by atoms with Gasteiger partial charge in [0, 0.05) is 11.1 Å². The Hall–Kier alpha value is -1.83. The van der Waals surface area contributed by atoms with E-state index in [1.165, 1.54) is 6.07 Å². The highest BCUT2D eigenvalue weighted by Crippen LogP contribution is 2.35. The number of thiophene rings is 1. The SMILES string of the molecule is NC(=O)c1cnc2sc(CC(F)(F)F)cc2c1O. The van der Waals surface area contributed by atoms with Crippen LogP contribution < -0.4 is 5.73 Å². The van der Waals surface area contributed by atoms with Crippen molar-refractivity contribution < 1.29 is 23.1 Å². The molecule has 0 bridgehead atoms. The number of hydrogen-bond donors (Lipinski definition) is 2. The Balaban J connectivity index is 2.52. The van der Waals surface area contributed by atoms with E-state index in [-0.39, 0.29) is 20.7 Å². The number of nitrogens with two attached hydrogens (primary N) is 1. The minimum absolute atomic E-state index is 0.0157. The number of fused-ring (bicyclic) bond motifs is 1. The first-order valence-electron chi connectivity index (χ1n) is 4.75. The summed E-state index contributed by atoms with van der Waals surface area (Å²) in [4.78, 5) is 15.0. The van der Waals surface area contributed by atoms with Crippen LogP contribution in [0.3, 0.4) is 0 Å². The van der Waals surface area contributed by atoms with Gasteiger partial charge in [0.05, 0.1) is 17.4 Å². The van der Waals surface area contributed by atoms with Crippen LogP contribution in [0.15, 0.2) is 12.3 Å². The maximum atomic E-state index is 12.2. The quantitative estimate of drug-likeness (QED) is 0.882. The molecular formula is C10H7F3N2O2S. The molecule has 3 N–H and O–H groups in total. The van der Waals surface area contributed by atoms with Crippen molar-refractivity contribution >= 4 is 27.5 Å². The fourth-order valence-electron chi connectivity index (χ4n) is 1.49. The number of nitrogens with zero attached hydrogens (tertiary/aromatic N) is 1. The van der Waals surface area contributed by atoms with Crippen molar-refractivity contribution in [3.05, 3.63) is 22.7 Å². The zero-order valence-electron chi connectivity index (χ0n) is 8.78. The molecule has 0 saturated carbocycles. The molecule has 1 amide bonds. The summed E-state index contributed by atoms with van der Waals surface area (Å²) in [5.74, 6) is -1.32. The zero-order valence-corrected chi connectivity index (χ0v) is 9.60. The molecule has 2 heterocycles. The maximum absolute atomic E-state index is 12.2. The Morgan fingerprint density at radius 1 is 1.50 bits per heavy atom. The minimum atomic E-state index is -4.33. The summed E-state index contributed by atoms with van der Waals surface area (Å²) < 4.78 is 36.7. The van der Waals surface area contributed by atoms with Crippen molar-refractivity contribution in [3.63, 3.8) is 0 Å². The van der Waals surface area contributed by atoms with Crippen LogP contribution in [0.1, 0.15) is 15.2 Å². The van der Waals surface area contributed by atoms with Gasteiger partial charge in [-0.1, -0.05) is 0 Å². The molecule has 8 heteroatoms. The van der Waals surface area contributed by atoms with E-state index in [1.807, 2.05) is 0 Å². The first-order chi connectivity index (χ1) is 8.28. The van der Waals surface area contributed by atoms with Gasteiger partial charge in [0.1, 0.15) is 10.6 Å². The van der Waals surface area contributed by atoms with Gasteiger partial charge < -0.3 is 10.8 Å². The first kappa shape index (κ1) is 12.6. The number of halogens is 3. The van der Waals surface area contributed by atoms with E-state index in [0.29, 0.717) is 0 Å². The van der Waals surface area contributed by atoms with Gasteiger partial charge in [0.2, 0.25) is 0 Å². The molecule has 2 aromatic heterocycles. The Labute approximate surface area is 103 Å². The van der Waals surface area contributed by atoms with E-state index >= 15 is 0 Å². The molecule has 0 aliphatic rings.